The standard InChI is InChI=1S/C30H30N4O4/c1-20(35)34-27-5-3-2-4-25(27)29(36)28(34)19-23-8-6-21-18-22(7-9-26(21)31-23)30(37)33-12-10-24(11-13-33)32-14-16-38-17-15-32/h2-9,18-19,24H,10-17H2,1H3/b28-19-. The van der Waals surface area contributed by atoms with E-state index in [1.807, 2.05) is 41.3 Å². The van der Waals surface area contributed by atoms with Gasteiger partial charge in [0.1, 0.15) is 0 Å². The summed E-state index contributed by atoms with van der Waals surface area (Å²) in [5.41, 5.74) is 3.33. The van der Waals surface area contributed by atoms with Gasteiger partial charge in [-0.15, -0.1) is 0 Å². The number of anilines is 1. The van der Waals surface area contributed by atoms with Gasteiger partial charge in [-0.1, -0.05) is 18.2 Å². The lowest BCUT2D eigenvalue weighted by Crippen LogP contribution is -2.50. The van der Waals surface area contributed by atoms with Gasteiger partial charge >= 0.3 is 0 Å². The molecule has 0 N–H and O–H groups in total. The zero-order valence-corrected chi connectivity index (χ0v) is 21.4. The number of benzene rings is 2. The molecule has 8 heteroatoms. The molecule has 6 rings (SSSR count). The molecule has 2 fully saturated rings. The number of para-hydroxylation sites is 1. The fourth-order valence-corrected chi connectivity index (χ4v) is 5.75. The average Bonchev–Trinajstić information content (AvgIpc) is 3.24. The Hall–Kier alpha value is -3.88. The molecule has 0 bridgehead atoms. The minimum Gasteiger partial charge on any atom is -0.379 e. The highest BCUT2D eigenvalue weighted by atomic mass is 16.5. The number of ether oxygens (including phenoxy) is 1. The first-order valence-electron chi connectivity index (χ1n) is 13.2. The van der Waals surface area contributed by atoms with Gasteiger partial charge in [-0.05, 0) is 55.3 Å². The SMILES string of the molecule is CC(=O)N1/C(=C\c2ccc3cc(C(=O)N4CCC(N5CCOCC5)CC4)ccc3n2)C(=O)c2ccccc21. The van der Waals surface area contributed by atoms with Crippen LogP contribution in [0.5, 0.6) is 0 Å². The number of Topliss-reactive ketones (excluding diaryl/α,β-unsaturated/α-hetero) is 1. The van der Waals surface area contributed by atoms with Crippen molar-refractivity contribution < 1.29 is 19.1 Å². The number of pyridine rings is 1. The predicted octanol–water partition coefficient (Wildman–Crippen LogP) is 3.76. The smallest absolute Gasteiger partial charge is 0.253 e. The molecule has 0 unspecified atom stereocenters. The van der Waals surface area contributed by atoms with E-state index in [2.05, 4.69) is 4.90 Å². The van der Waals surface area contributed by atoms with Crippen molar-refractivity contribution in [3.8, 4) is 0 Å². The largest absolute Gasteiger partial charge is 0.379 e. The van der Waals surface area contributed by atoms with Crippen LogP contribution in [-0.2, 0) is 9.53 Å². The molecule has 4 heterocycles. The minimum absolute atomic E-state index is 0.0462. The third-order valence-corrected chi connectivity index (χ3v) is 7.73. The van der Waals surface area contributed by atoms with Crippen LogP contribution in [0.25, 0.3) is 17.0 Å². The van der Waals surface area contributed by atoms with E-state index in [4.69, 9.17) is 9.72 Å². The Kier molecular flexibility index (Phi) is 6.51. The molecular weight excluding hydrogens is 480 g/mol. The van der Waals surface area contributed by atoms with Gasteiger partial charge in [-0.2, -0.15) is 0 Å². The van der Waals surface area contributed by atoms with E-state index in [0.717, 1.165) is 63.1 Å². The van der Waals surface area contributed by atoms with Crippen LogP contribution in [0.1, 0.15) is 46.2 Å². The quantitative estimate of drug-likeness (QED) is 0.499. The van der Waals surface area contributed by atoms with Crippen LogP contribution in [-0.4, -0.2) is 77.8 Å². The van der Waals surface area contributed by atoms with Crippen LogP contribution in [0.3, 0.4) is 0 Å². The topological polar surface area (TPSA) is 83.1 Å². The van der Waals surface area contributed by atoms with E-state index < -0.39 is 0 Å². The Bertz CT molecular complexity index is 1450. The van der Waals surface area contributed by atoms with Gasteiger partial charge in [0.15, 0.2) is 0 Å². The fourth-order valence-electron chi connectivity index (χ4n) is 5.75. The van der Waals surface area contributed by atoms with Gasteiger partial charge < -0.3 is 9.64 Å². The van der Waals surface area contributed by atoms with Gasteiger partial charge in [0.2, 0.25) is 11.7 Å². The summed E-state index contributed by atoms with van der Waals surface area (Å²) in [5, 5.41) is 0.852. The zero-order valence-electron chi connectivity index (χ0n) is 21.4. The van der Waals surface area contributed by atoms with Crippen molar-refractivity contribution in [3.63, 3.8) is 0 Å². The summed E-state index contributed by atoms with van der Waals surface area (Å²) in [4.78, 5) is 49.2. The lowest BCUT2D eigenvalue weighted by molar-refractivity contribution is -0.116. The van der Waals surface area contributed by atoms with Crippen molar-refractivity contribution in [1.29, 1.82) is 0 Å². The molecule has 0 aliphatic carbocycles. The second-order valence-electron chi connectivity index (χ2n) is 10.0. The predicted molar refractivity (Wildman–Crippen MR) is 145 cm³/mol. The molecular formula is C30H30N4O4. The van der Waals surface area contributed by atoms with Crippen molar-refractivity contribution in [2.45, 2.75) is 25.8 Å². The molecule has 0 spiro atoms. The fraction of sp³-hybridized carbons (Fsp3) is 0.333. The summed E-state index contributed by atoms with van der Waals surface area (Å²) in [7, 11) is 0. The first-order chi connectivity index (χ1) is 18.5. The lowest BCUT2D eigenvalue weighted by Gasteiger charge is -2.40. The minimum atomic E-state index is -0.229. The number of hydrogen-bond donors (Lipinski definition) is 0. The molecule has 8 nitrogen and oxygen atoms in total. The average molecular weight is 511 g/mol. The van der Waals surface area contributed by atoms with Gasteiger partial charge in [0.25, 0.3) is 5.91 Å². The number of carbonyl (C=O) groups excluding carboxylic acids is 3. The Balaban J connectivity index is 1.19. The number of fused-ring (bicyclic) bond motifs is 2. The van der Waals surface area contributed by atoms with Crippen LogP contribution in [0.2, 0.25) is 0 Å². The number of nitrogens with zero attached hydrogens (tertiary/aromatic N) is 4. The molecule has 0 atom stereocenters. The van der Waals surface area contributed by atoms with Gasteiger partial charge in [0.05, 0.1) is 35.8 Å². The molecule has 2 saturated heterocycles. The Labute approximate surface area is 221 Å². The van der Waals surface area contributed by atoms with Crippen molar-refractivity contribution in [2.24, 2.45) is 0 Å². The number of piperidine rings is 1. The Morgan fingerprint density at radius 1 is 0.974 bits per heavy atom. The number of rotatable bonds is 3. The van der Waals surface area contributed by atoms with E-state index in [-0.39, 0.29) is 23.3 Å². The Morgan fingerprint density at radius 3 is 2.50 bits per heavy atom. The molecule has 38 heavy (non-hydrogen) atoms. The number of morpholine rings is 1. The number of amides is 2. The third-order valence-electron chi connectivity index (χ3n) is 7.73. The Morgan fingerprint density at radius 2 is 1.74 bits per heavy atom. The summed E-state index contributed by atoms with van der Waals surface area (Å²) in [6.45, 7) is 6.50. The number of hydrogen-bond acceptors (Lipinski definition) is 6. The van der Waals surface area contributed by atoms with Crippen LogP contribution in [0.4, 0.5) is 5.69 Å². The van der Waals surface area contributed by atoms with Gasteiger partial charge in [-0.3, -0.25) is 24.2 Å². The molecule has 194 valence electrons. The highest BCUT2D eigenvalue weighted by Gasteiger charge is 2.34. The maximum absolute atomic E-state index is 13.3. The van der Waals surface area contributed by atoms with Crippen LogP contribution >= 0.6 is 0 Å². The number of likely N-dealkylation sites (tertiary alicyclic amines) is 1. The number of aromatic nitrogens is 1. The number of allylic oxidation sites excluding steroid dienone is 1. The molecule has 0 radical (unpaired) electrons. The molecule has 2 amide bonds. The normalized spacial score (nSPS) is 19.8. The van der Waals surface area contributed by atoms with Crippen LogP contribution in [0.15, 0.2) is 60.3 Å². The van der Waals surface area contributed by atoms with Crippen molar-refractivity contribution in [3.05, 3.63) is 77.1 Å². The summed E-state index contributed by atoms with van der Waals surface area (Å²) >= 11 is 0. The van der Waals surface area contributed by atoms with Gasteiger partial charge in [0, 0.05) is 55.7 Å². The molecule has 3 aliphatic heterocycles. The van der Waals surface area contributed by atoms with Crippen molar-refractivity contribution in [1.82, 2.24) is 14.8 Å². The highest BCUT2D eigenvalue weighted by Crippen LogP contribution is 2.35. The molecule has 0 saturated carbocycles. The van der Waals surface area contributed by atoms with Crippen LogP contribution in [0, 0.1) is 0 Å². The first kappa shape index (κ1) is 24.5. The number of carbonyl (C=O) groups is 3. The third kappa shape index (κ3) is 4.50. The summed E-state index contributed by atoms with van der Waals surface area (Å²) in [6.07, 6.45) is 3.62. The van der Waals surface area contributed by atoms with Crippen molar-refractivity contribution >= 4 is 40.3 Å². The van der Waals surface area contributed by atoms with Crippen LogP contribution < -0.4 is 4.90 Å². The van der Waals surface area contributed by atoms with E-state index >= 15 is 0 Å². The summed E-state index contributed by atoms with van der Waals surface area (Å²) in [6, 6.07) is 16.9. The van der Waals surface area contributed by atoms with E-state index in [9.17, 15) is 14.4 Å². The molecule has 2 aromatic carbocycles. The molecule has 1 aromatic heterocycles. The van der Waals surface area contributed by atoms with Gasteiger partial charge in [-0.25, -0.2) is 4.98 Å². The molecule has 3 aromatic rings. The van der Waals surface area contributed by atoms with E-state index in [1.54, 1.807) is 24.3 Å². The second kappa shape index (κ2) is 10.1. The van der Waals surface area contributed by atoms with E-state index in [0.29, 0.717) is 28.6 Å². The number of ketones is 1. The molecule has 3 aliphatic rings. The summed E-state index contributed by atoms with van der Waals surface area (Å²) < 4.78 is 5.47. The van der Waals surface area contributed by atoms with E-state index in [1.165, 1.54) is 11.8 Å². The summed E-state index contributed by atoms with van der Waals surface area (Å²) in [5.74, 6) is -0.381. The zero-order chi connectivity index (χ0) is 26.2. The lowest BCUT2D eigenvalue weighted by atomic mass is 10.0. The van der Waals surface area contributed by atoms with Crippen molar-refractivity contribution in [2.75, 3.05) is 44.3 Å². The second-order valence-corrected chi connectivity index (χ2v) is 10.0. The first-order valence-corrected chi connectivity index (χ1v) is 13.2. The monoisotopic (exact) mass is 510 g/mol. The highest BCUT2D eigenvalue weighted by molar-refractivity contribution is 6.26. The maximum Gasteiger partial charge on any atom is 0.253 e. The maximum atomic E-state index is 13.3.